The van der Waals surface area contributed by atoms with E-state index in [0.29, 0.717) is 5.57 Å². The predicted octanol–water partition coefficient (Wildman–Crippen LogP) is 2.93. The van der Waals surface area contributed by atoms with E-state index in [-0.39, 0.29) is 5.41 Å². The summed E-state index contributed by atoms with van der Waals surface area (Å²) >= 11 is 1.56. The van der Waals surface area contributed by atoms with Crippen molar-refractivity contribution in [1.82, 2.24) is 4.98 Å². The Morgan fingerprint density at radius 3 is 2.53 bits per heavy atom. The van der Waals surface area contributed by atoms with E-state index in [4.69, 9.17) is 5.11 Å². The van der Waals surface area contributed by atoms with Crippen molar-refractivity contribution >= 4 is 23.4 Å². The van der Waals surface area contributed by atoms with Gasteiger partial charge in [-0.25, -0.2) is 9.78 Å². The van der Waals surface area contributed by atoms with Gasteiger partial charge in [-0.1, -0.05) is 20.8 Å². The molecule has 0 aliphatic carbocycles. The fourth-order valence-electron chi connectivity index (χ4n) is 0.980. The lowest BCUT2D eigenvalue weighted by Gasteiger charge is -2.13. The number of carboxylic acids is 1. The van der Waals surface area contributed by atoms with Crippen LogP contribution in [-0.4, -0.2) is 16.1 Å². The Bertz CT molecular complexity index is 399. The van der Waals surface area contributed by atoms with Crippen LogP contribution >= 0.6 is 11.3 Å². The minimum Gasteiger partial charge on any atom is -0.478 e. The molecule has 0 aliphatic rings. The zero-order valence-corrected chi connectivity index (χ0v) is 10.2. The van der Waals surface area contributed by atoms with Crippen molar-refractivity contribution in [1.29, 1.82) is 0 Å². The van der Waals surface area contributed by atoms with Crippen molar-refractivity contribution < 1.29 is 9.90 Å². The van der Waals surface area contributed by atoms with E-state index in [0.717, 1.165) is 10.7 Å². The second-order valence-electron chi connectivity index (χ2n) is 4.46. The number of thiazole rings is 1. The Kier molecular flexibility index (Phi) is 3.29. The van der Waals surface area contributed by atoms with Gasteiger partial charge in [0, 0.05) is 16.4 Å². The summed E-state index contributed by atoms with van der Waals surface area (Å²) in [5, 5.41) is 11.6. The van der Waals surface area contributed by atoms with Crippen molar-refractivity contribution in [2.45, 2.75) is 33.1 Å². The Hall–Kier alpha value is -1.16. The maximum Gasteiger partial charge on any atom is 0.331 e. The topological polar surface area (TPSA) is 50.2 Å². The van der Waals surface area contributed by atoms with E-state index < -0.39 is 5.97 Å². The molecule has 3 nitrogen and oxygen atoms in total. The van der Waals surface area contributed by atoms with E-state index in [9.17, 15) is 4.79 Å². The Morgan fingerprint density at radius 2 is 2.13 bits per heavy atom. The molecule has 0 saturated carbocycles. The van der Waals surface area contributed by atoms with Gasteiger partial charge in [-0.15, -0.1) is 11.3 Å². The van der Waals surface area contributed by atoms with Gasteiger partial charge in [-0.3, -0.25) is 0 Å². The molecule has 4 heteroatoms. The number of rotatable bonds is 2. The molecule has 1 aromatic heterocycles. The quantitative estimate of drug-likeness (QED) is 0.787. The molecule has 0 spiro atoms. The van der Waals surface area contributed by atoms with Crippen molar-refractivity contribution in [2.75, 3.05) is 0 Å². The highest BCUT2D eigenvalue weighted by Crippen LogP contribution is 2.26. The molecule has 1 N–H and O–H groups in total. The van der Waals surface area contributed by atoms with Crippen LogP contribution in [0.5, 0.6) is 0 Å². The smallest absolute Gasteiger partial charge is 0.331 e. The fraction of sp³-hybridized carbons (Fsp3) is 0.455. The van der Waals surface area contributed by atoms with E-state index in [2.05, 4.69) is 25.8 Å². The van der Waals surface area contributed by atoms with Crippen LogP contribution in [0.15, 0.2) is 11.0 Å². The molecule has 0 radical (unpaired) electrons. The zero-order valence-electron chi connectivity index (χ0n) is 9.37. The molecule has 0 amide bonds. The van der Waals surface area contributed by atoms with E-state index >= 15 is 0 Å². The number of aliphatic carboxylic acids is 1. The summed E-state index contributed by atoms with van der Waals surface area (Å²) in [6.07, 6.45) is 1.59. The third-order valence-corrected chi connectivity index (χ3v) is 3.15. The molecule has 0 bridgehead atoms. The molecule has 1 heterocycles. The largest absolute Gasteiger partial charge is 0.478 e. The second-order valence-corrected chi connectivity index (χ2v) is 5.32. The monoisotopic (exact) mass is 225 g/mol. The van der Waals surface area contributed by atoms with E-state index in [1.165, 1.54) is 0 Å². The van der Waals surface area contributed by atoms with Gasteiger partial charge in [-0.2, -0.15) is 0 Å². The molecule has 1 aromatic rings. The van der Waals surface area contributed by atoms with Gasteiger partial charge in [0.15, 0.2) is 0 Å². The second kappa shape index (κ2) is 4.14. The lowest BCUT2D eigenvalue weighted by Crippen LogP contribution is -2.10. The minimum atomic E-state index is -0.902. The number of aromatic nitrogens is 1. The first kappa shape index (κ1) is 11.9. The van der Waals surface area contributed by atoms with Crippen LogP contribution < -0.4 is 0 Å². The van der Waals surface area contributed by atoms with Crippen molar-refractivity contribution in [3.05, 3.63) is 21.7 Å². The molecule has 0 unspecified atom stereocenters. The van der Waals surface area contributed by atoms with Gasteiger partial charge in [-0.05, 0) is 13.0 Å². The van der Waals surface area contributed by atoms with E-state index in [1.807, 2.05) is 5.38 Å². The highest BCUT2D eigenvalue weighted by Gasteiger charge is 2.17. The van der Waals surface area contributed by atoms with Gasteiger partial charge in [0.2, 0.25) is 0 Å². The maximum absolute atomic E-state index is 10.6. The zero-order chi connectivity index (χ0) is 11.6. The molecule has 0 saturated heterocycles. The molecule has 0 aliphatic heterocycles. The first-order chi connectivity index (χ1) is 6.80. The van der Waals surface area contributed by atoms with Crippen LogP contribution in [0.3, 0.4) is 0 Å². The van der Waals surface area contributed by atoms with Gasteiger partial charge in [0.1, 0.15) is 0 Å². The summed E-state index contributed by atoms with van der Waals surface area (Å²) in [6.45, 7) is 7.83. The van der Waals surface area contributed by atoms with Gasteiger partial charge in [0.25, 0.3) is 0 Å². The Labute approximate surface area is 93.5 Å². The maximum atomic E-state index is 10.6. The molecular formula is C11H15NO2S. The van der Waals surface area contributed by atoms with Crippen molar-refractivity contribution in [3.63, 3.8) is 0 Å². The van der Waals surface area contributed by atoms with Gasteiger partial charge in [0.05, 0.1) is 10.7 Å². The highest BCUT2D eigenvalue weighted by molar-refractivity contribution is 7.09. The first-order valence-electron chi connectivity index (χ1n) is 4.68. The molecule has 82 valence electrons. The summed E-state index contributed by atoms with van der Waals surface area (Å²) in [7, 11) is 0. The Balaban J connectivity index is 2.96. The molecular weight excluding hydrogens is 210 g/mol. The lowest BCUT2D eigenvalue weighted by atomic mass is 9.98. The number of carboxylic acid groups (broad SMARTS) is 1. The van der Waals surface area contributed by atoms with E-state index in [1.54, 1.807) is 24.3 Å². The molecule has 0 fully saturated rings. The summed E-state index contributed by atoms with van der Waals surface area (Å²) in [5.74, 6) is -0.902. The van der Waals surface area contributed by atoms with Crippen LogP contribution in [0.2, 0.25) is 0 Å². The van der Waals surface area contributed by atoms with Crippen LogP contribution in [-0.2, 0) is 10.2 Å². The standard InChI is InChI=1S/C11H15NO2S/c1-7(9(13)14)5-8-6-15-10(12-8)11(2,3)4/h5-6H,1-4H3,(H,13,14). The molecule has 1 rings (SSSR count). The third-order valence-electron chi connectivity index (χ3n) is 1.87. The number of hydrogen-bond donors (Lipinski definition) is 1. The SMILES string of the molecule is CC(=Cc1csc(C(C)(C)C)n1)C(=O)O. The van der Waals surface area contributed by atoms with Crippen LogP contribution in [0.4, 0.5) is 0 Å². The van der Waals surface area contributed by atoms with Gasteiger partial charge >= 0.3 is 5.97 Å². The molecule has 0 atom stereocenters. The van der Waals surface area contributed by atoms with Crippen molar-refractivity contribution in [2.24, 2.45) is 0 Å². The van der Waals surface area contributed by atoms with Crippen molar-refractivity contribution in [3.8, 4) is 0 Å². The third kappa shape index (κ3) is 3.16. The average molecular weight is 225 g/mol. The minimum absolute atomic E-state index is 0.0217. The molecule has 0 aromatic carbocycles. The summed E-state index contributed by atoms with van der Waals surface area (Å²) in [6, 6.07) is 0. The first-order valence-corrected chi connectivity index (χ1v) is 5.56. The van der Waals surface area contributed by atoms with Crippen LogP contribution in [0.25, 0.3) is 6.08 Å². The van der Waals surface area contributed by atoms with Gasteiger partial charge < -0.3 is 5.11 Å². The highest BCUT2D eigenvalue weighted by atomic mass is 32.1. The fourth-order valence-corrected chi connectivity index (χ4v) is 1.85. The molecule has 15 heavy (non-hydrogen) atoms. The lowest BCUT2D eigenvalue weighted by molar-refractivity contribution is -0.132. The normalized spacial score (nSPS) is 12.9. The van der Waals surface area contributed by atoms with Crippen LogP contribution in [0.1, 0.15) is 38.4 Å². The Morgan fingerprint density at radius 1 is 1.53 bits per heavy atom. The van der Waals surface area contributed by atoms with Crippen LogP contribution in [0, 0.1) is 0 Å². The number of hydrogen-bond acceptors (Lipinski definition) is 3. The number of nitrogens with zero attached hydrogens (tertiary/aromatic N) is 1. The summed E-state index contributed by atoms with van der Waals surface area (Å²) < 4.78 is 0. The summed E-state index contributed by atoms with van der Waals surface area (Å²) in [5.41, 5.74) is 1.05. The number of carbonyl (C=O) groups is 1. The summed E-state index contributed by atoms with van der Waals surface area (Å²) in [4.78, 5) is 15.0. The average Bonchev–Trinajstić information content (AvgIpc) is 2.51. The predicted molar refractivity (Wildman–Crippen MR) is 62.1 cm³/mol.